The Labute approximate surface area is 151 Å². The molecule has 25 heavy (non-hydrogen) atoms. The molecule has 1 aromatic rings. The molecule has 0 bridgehead atoms. The Morgan fingerprint density at radius 3 is 2.44 bits per heavy atom. The van der Waals surface area contributed by atoms with Gasteiger partial charge in [-0.05, 0) is 38.0 Å². The van der Waals surface area contributed by atoms with Crippen molar-refractivity contribution in [3.63, 3.8) is 0 Å². The largest absolute Gasteiger partial charge is 0.497 e. The van der Waals surface area contributed by atoms with Gasteiger partial charge in [0.15, 0.2) is 5.96 Å². The summed E-state index contributed by atoms with van der Waals surface area (Å²) in [6.07, 6.45) is 0.711. The molecule has 0 aliphatic carbocycles. The lowest BCUT2D eigenvalue weighted by Crippen LogP contribution is -2.39. The van der Waals surface area contributed by atoms with E-state index in [9.17, 15) is 8.42 Å². The number of hydrogen-bond donors (Lipinski definition) is 2. The van der Waals surface area contributed by atoms with Crippen molar-refractivity contribution < 1.29 is 13.2 Å². The molecule has 0 aliphatic rings. The fourth-order valence-electron chi connectivity index (χ4n) is 2.11. The zero-order valence-corrected chi connectivity index (χ0v) is 16.4. The lowest BCUT2D eigenvalue weighted by atomic mass is 10.2. The average molecular weight is 371 g/mol. The number of rotatable bonds is 10. The predicted octanol–water partition coefficient (Wildman–Crippen LogP) is 1.42. The molecule has 0 atom stereocenters. The van der Waals surface area contributed by atoms with Gasteiger partial charge in [-0.25, -0.2) is 17.7 Å². The summed E-state index contributed by atoms with van der Waals surface area (Å²) in [7, 11) is 0.144. The molecule has 7 nitrogen and oxygen atoms in total. The number of benzene rings is 1. The number of aliphatic imine (C=N–C) groups is 1. The van der Waals surface area contributed by atoms with E-state index in [4.69, 9.17) is 4.74 Å². The van der Waals surface area contributed by atoms with Crippen LogP contribution in [0.2, 0.25) is 0 Å². The van der Waals surface area contributed by atoms with Gasteiger partial charge in [-0.3, -0.25) is 0 Å². The Balaban J connectivity index is 2.47. The topological polar surface area (TPSA) is 83.0 Å². The highest BCUT2D eigenvalue weighted by Crippen LogP contribution is 2.11. The number of nitrogens with one attached hydrogen (secondary N) is 2. The lowest BCUT2D eigenvalue weighted by Gasteiger charge is -2.16. The fourth-order valence-corrected chi connectivity index (χ4v) is 2.96. The van der Waals surface area contributed by atoms with E-state index in [1.54, 1.807) is 21.1 Å². The summed E-state index contributed by atoms with van der Waals surface area (Å²) in [6, 6.07) is 7.79. The Kier molecular flexibility index (Phi) is 9.30. The van der Waals surface area contributed by atoms with Crippen LogP contribution in [-0.4, -0.2) is 58.2 Å². The van der Waals surface area contributed by atoms with E-state index in [2.05, 4.69) is 15.6 Å². The van der Waals surface area contributed by atoms with Crippen LogP contribution in [0.5, 0.6) is 5.75 Å². The van der Waals surface area contributed by atoms with E-state index in [1.807, 2.05) is 31.2 Å². The lowest BCUT2D eigenvalue weighted by molar-refractivity contribution is 0.414. The van der Waals surface area contributed by atoms with Crippen molar-refractivity contribution in [1.29, 1.82) is 0 Å². The van der Waals surface area contributed by atoms with Crippen LogP contribution in [0.15, 0.2) is 29.3 Å². The Morgan fingerprint density at radius 2 is 1.88 bits per heavy atom. The molecule has 2 N–H and O–H groups in total. The number of hydrogen-bond acceptors (Lipinski definition) is 4. The minimum Gasteiger partial charge on any atom is -0.497 e. The number of methoxy groups -OCH3 is 1. The molecule has 0 saturated carbocycles. The molecule has 1 rings (SSSR count). The number of nitrogens with zero attached hydrogens (tertiary/aromatic N) is 2. The van der Waals surface area contributed by atoms with Gasteiger partial charge in [-0.15, -0.1) is 0 Å². The summed E-state index contributed by atoms with van der Waals surface area (Å²) in [5.41, 5.74) is 1.09. The number of guanidine groups is 1. The number of sulfonamides is 1. The van der Waals surface area contributed by atoms with Crippen LogP contribution in [0.4, 0.5) is 0 Å². The van der Waals surface area contributed by atoms with E-state index in [-0.39, 0.29) is 5.75 Å². The Hall–Kier alpha value is -1.80. The molecule has 0 fully saturated rings. The third-order valence-electron chi connectivity index (χ3n) is 3.70. The summed E-state index contributed by atoms with van der Waals surface area (Å²) in [6.45, 7) is 6.12. The molecular weight excluding hydrogens is 340 g/mol. The average Bonchev–Trinajstić information content (AvgIpc) is 2.63. The highest BCUT2D eigenvalue weighted by molar-refractivity contribution is 7.89. The normalized spacial score (nSPS) is 12.3. The van der Waals surface area contributed by atoms with Crippen LogP contribution in [0.3, 0.4) is 0 Å². The van der Waals surface area contributed by atoms with E-state index in [0.717, 1.165) is 23.8 Å². The third kappa shape index (κ3) is 7.74. The molecule has 0 aromatic heterocycles. The van der Waals surface area contributed by atoms with Gasteiger partial charge in [-0.2, -0.15) is 0 Å². The molecule has 0 radical (unpaired) electrons. The first-order chi connectivity index (χ1) is 11.9. The van der Waals surface area contributed by atoms with Crippen molar-refractivity contribution in [2.75, 3.05) is 39.5 Å². The highest BCUT2D eigenvalue weighted by atomic mass is 32.2. The van der Waals surface area contributed by atoms with Crippen molar-refractivity contribution in [3.8, 4) is 5.75 Å². The first-order valence-corrected chi connectivity index (χ1v) is 10.1. The van der Waals surface area contributed by atoms with Gasteiger partial charge in [0.05, 0.1) is 19.4 Å². The smallest absolute Gasteiger partial charge is 0.213 e. The van der Waals surface area contributed by atoms with Crippen LogP contribution in [0.1, 0.15) is 25.8 Å². The van der Waals surface area contributed by atoms with Crippen molar-refractivity contribution in [2.24, 2.45) is 4.99 Å². The molecule has 0 amide bonds. The second-order valence-electron chi connectivity index (χ2n) is 5.55. The van der Waals surface area contributed by atoms with Crippen LogP contribution in [0.25, 0.3) is 0 Å². The molecular formula is C17H30N4O3S. The summed E-state index contributed by atoms with van der Waals surface area (Å²) < 4.78 is 29.9. The second kappa shape index (κ2) is 10.9. The quantitative estimate of drug-likeness (QED) is 0.370. The molecule has 142 valence electrons. The molecule has 8 heteroatoms. The number of ether oxygens (including phenoxy) is 1. The minimum atomic E-state index is -3.11. The standard InChI is InChI=1S/C17H30N4O3S/c1-5-18-17(19-12-7-13-21(3)25(22,23)6-2)20-14-15-8-10-16(24-4)11-9-15/h8-11H,5-7,12-14H2,1-4H3,(H2,18,19,20). The molecule has 0 aliphatic heterocycles. The van der Waals surface area contributed by atoms with Crippen LogP contribution in [-0.2, 0) is 16.6 Å². The molecule has 0 unspecified atom stereocenters. The fraction of sp³-hybridized carbons (Fsp3) is 0.588. The molecule has 0 heterocycles. The van der Waals surface area contributed by atoms with Crippen LogP contribution < -0.4 is 15.4 Å². The van der Waals surface area contributed by atoms with Gasteiger partial charge >= 0.3 is 0 Å². The minimum absolute atomic E-state index is 0.128. The molecule has 1 aromatic carbocycles. The molecule has 0 spiro atoms. The van der Waals surface area contributed by atoms with Crippen LogP contribution >= 0.6 is 0 Å². The zero-order chi connectivity index (χ0) is 18.7. The van der Waals surface area contributed by atoms with Gasteiger partial charge in [-0.1, -0.05) is 12.1 Å². The van der Waals surface area contributed by atoms with Gasteiger partial charge in [0, 0.05) is 26.7 Å². The second-order valence-corrected chi connectivity index (χ2v) is 7.91. The van der Waals surface area contributed by atoms with Crippen molar-refractivity contribution in [3.05, 3.63) is 29.8 Å². The van der Waals surface area contributed by atoms with Gasteiger partial charge in [0.1, 0.15) is 5.75 Å². The monoisotopic (exact) mass is 370 g/mol. The predicted molar refractivity (Wildman–Crippen MR) is 103 cm³/mol. The SMILES string of the molecule is CCNC(=NCc1ccc(OC)cc1)NCCCN(C)S(=O)(=O)CC. The van der Waals surface area contributed by atoms with E-state index in [0.29, 0.717) is 26.1 Å². The van der Waals surface area contributed by atoms with E-state index >= 15 is 0 Å². The molecule has 0 saturated heterocycles. The van der Waals surface area contributed by atoms with Gasteiger partial charge < -0.3 is 15.4 Å². The summed E-state index contributed by atoms with van der Waals surface area (Å²) >= 11 is 0. The van der Waals surface area contributed by atoms with E-state index in [1.165, 1.54) is 4.31 Å². The maximum absolute atomic E-state index is 11.7. The Bertz CT molecular complexity index is 630. The maximum Gasteiger partial charge on any atom is 0.213 e. The van der Waals surface area contributed by atoms with Gasteiger partial charge in [0.25, 0.3) is 0 Å². The zero-order valence-electron chi connectivity index (χ0n) is 15.6. The van der Waals surface area contributed by atoms with Crippen LogP contribution in [0, 0.1) is 0 Å². The van der Waals surface area contributed by atoms with Crippen molar-refractivity contribution >= 4 is 16.0 Å². The van der Waals surface area contributed by atoms with Crippen molar-refractivity contribution in [2.45, 2.75) is 26.8 Å². The Morgan fingerprint density at radius 1 is 1.20 bits per heavy atom. The van der Waals surface area contributed by atoms with Crippen molar-refractivity contribution in [1.82, 2.24) is 14.9 Å². The first-order valence-electron chi connectivity index (χ1n) is 8.52. The highest BCUT2D eigenvalue weighted by Gasteiger charge is 2.13. The summed E-state index contributed by atoms with van der Waals surface area (Å²) in [5.74, 6) is 1.67. The maximum atomic E-state index is 11.7. The van der Waals surface area contributed by atoms with Gasteiger partial charge in [0.2, 0.25) is 10.0 Å². The first kappa shape index (κ1) is 21.2. The van der Waals surface area contributed by atoms with E-state index < -0.39 is 10.0 Å². The summed E-state index contributed by atoms with van der Waals surface area (Å²) in [4.78, 5) is 4.54. The third-order valence-corrected chi connectivity index (χ3v) is 5.57. The summed E-state index contributed by atoms with van der Waals surface area (Å²) in [5, 5.41) is 6.42.